The van der Waals surface area contributed by atoms with Crippen LogP contribution in [0.4, 0.5) is 0 Å². The third-order valence-electron chi connectivity index (χ3n) is 2.13. The van der Waals surface area contributed by atoms with Crippen LogP contribution in [0.25, 0.3) is 11.4 Å². The number of H-pyrrole nitrogens is 1. The molecule has 16 heavy (non-hydrogen) atoms. The molecule has 0 aliphatic carbocycles. The quantitative estimate of drug-likeness (QED) is 0.851. The summed E-state index contributed by atoms with van der Waals surface area (Å²) >= 11 is 11.6. The summed E-state index contributed by atoms with van der Waals surface area (Å²) < 4.78 is 0. The molecule has 0 saturated heterocycles. The average molecular weight is 255 g/mol. The Bertz CT molecular complexity index is 593. The highest BCUT2D eigenvalue weighted by Crippen LogP contribution is 2.19. The number of halogens is 2. The SMILES string of the molecule is Cc1nc(-c2cccc(Cl)c2)[nH]c(=O)c1Cl. The highest BCUT2D eigenvalue weighted by atomic mass is 35.5. The lowest BCUT2D eigenvalue weighted by molar-refractivity contribution is 1.07. The Morgan fingerprint density at radius 1 is 1.31 bits per heavy atom. The number of aromatic nitrogens is 2. The van der Waals surface area contributed by atoms with Gasteiger partial charge in [-0.05, 0) is 19.1 Å². The molecular weight excluding hydrogens is 247 g/mol. The van der Waals surface area contributed by atoms with Gasteiger partial charge in [-0.1, -0.05) is 35.3 Å². The normalized spacial score (nSPS) is 10.4. The number of rotatable bonds is 1. The molecule has 0 atom stereocenters. The van der Waals surface area contributed by atoms with Crippen molar-refractivity contribution in [1.82, 2.24) is 9.97 Å². The summed E-state index contributed by atoms with van der Waals surface area (Å²) in [6, 6.07) is 7.10. The molecule has 1 N–H and O–H groups in total. The fourth-order valence-corrected chi connectivity index (χ4v) is 1.62. The standard InChI is InChI=1S/C11H8Cl2N2O/c1-6-9(13)11(16)15-10(14-6)7-3-2-4-8(12)5-7/h2-5H,1H3,(H,14,15,16). The minimum absolute atomic E-state index is 0.116. The van der Waals surface area contributed by atoms with Crippen LogP contribution >= 0.6 is 23.2 Å². The molecule has 0 fully saturated rings. The summed E-state index contributed by atoms with van der Waals surface area (Å²) in [5.41, 5.74) is 0.911. The minimum atomic E-state index is -0.343. The summed E-state index contributed by atoms with van der Waals surface area (Å²) in [5, 5.41) is 0.707. The van der Waals surface area contributed by atoms with Crippen LogP contribution in [0, 0.1) is 6.92 Å². The van der Waals surface area contributed by atoms with E-state index in [1.54, 1.807) is 25.1 Å². The Morgan fingerprint density at radius 2 is 2.06 bits per heavy atom. The lowest BCUT2D eigenvalue weighted by atomic mass is 10.2. The molecule has 0 saturated carbocycles. The lowest BCUT2D eigenvalue weighted by Crippen LogP contribution is -2.11. The van der Waals surface area contributed by atoms with Crippen LogP contribution in [0.1, 0.15) is 5.69 Å². The predicted octanol–water partition coefficient (Wildman–Crippen LogP) is 3.05. The molecule has 1 aromatic carbocycles. The van der Waals surface area contributed by atoms with E-state index in [-0.39, 0.29) is 10.6 Å². The molecule has 3 nitrogen and oxygen atoms in total. The molecule has 5 heteroatoms. The Kier molecular flexibility index (Phi) is 2.99. The zero-order valence-electron chi connectivity index (χ0n) is 8.42. The van der Waals surface area contributed by atoms with E-state index in [0.717, 1.165) is 5.56 Å². The van der Waals surface area contributed by atoms with Gasteiger partial charge in [-0.25, -0.2) is 4.98 Å². The molecule has 1 aromatic heterocycles. The zero-order chi connectivity index (χ0) is 11.7. The summed E-state index contributed by atoms with van der Waals surface area (Å²) in [6.07, 6.45) is 0. The van der Waals surface area contributed by atoms with Crippen molar-refractivity contribution < 1.29 is 0 Å². The van der Waals surface area contributed by atoms with Crippen molar-refractivity contribution in [3.8, 4) is 11.4 Å². The number of aryl methyl sites for hydroxylation is 1. The molecule has 2 aromatic rings. The van der Waals surface area contributed by atoms with Gasteiger partial charge in [-0.2, -0.15) is 0 Å². The summed E-state index contributed by atoms with van der Waals surface area (Å²) in [6.45, 7) is 1.69. The number of nitrogens with one attached hydrogen (secondary N) is 1. The van der Waals surface area contributed by atoms with Gasteiger partial charge >= 0.3 is 0 Å². The Labute approximate surface area is 102 Å². The van der Waals surface area contributed by atoms with E-state index >= 15 is 0 Å². The van der Waals surface area contributed by atoms with E-state index in [1.807, 2.05) is 6.07 Å². The molecule has 82 valence electrons. The van der Waals surface area contributed by atoms with Gasteiger partial charge in [-0.15, -0.1) is 0 Å². The van der Waals surface area contributed by atoms with Crippen LogP contribution in [-0.2, 0) is 0 Å². The first-order valence-corrected chi connectivity index (χ1v) is 5.36. The second-order valence-corrected chi connectivity index (χ2v) is 4.14. The largest absolute Gasteiger partial charge is 0.305 e. The van der Waals surface area contributed by atoms with Gasteiger partial charge in [0.05, 0.1) is 5.69 Å². The molecule has 2 rings (SSSR count). The highest BCUT2D eigenvalue weighted by molar-refractivity contribution is 6.31. The number of aromatic amines is 1. The summed E-state index contributed by atoms with van der Waals surface area (Å²) in [4.78, 5) is 18.3. The van der Waals surface area contributed by atoms with Crippen molar-refractivity contribution in [2.45, 2.75) is 6.92 Å². The molecule has 1 heterocycles. The van der Waals surface area contributed by atoms with Crippen molar-refractivity contribution in [3.63, 3.8) is 0 Å². The van der Waals surface area contributed by atoms with Crippen LogP contribution in [-0.4, -0.2) is 9.97 Å². The van der Waals surface area contributed by atoms with E-state index < -0.39 is 0 Å². The van der Waals surface area contributed by atoms with Crippen LogP contribution in [0.2, 0.25) is 10.0 Å². The summed E-state index contributed by atoms with van der Waals surface area (Å²) in [7, 11) is 0. The maximum atomic E-state index is 11.5. The lowest BCUT2D eigenvalue weighted by Gasteiger charge is -2.03. The van der Waals surface area contributed by atoms with Crippen molar-refractivity contribution in [2.24, 2.45) is 0 Å². The van der Waals surface area contributed by atoms with E-state index in [1.165, 1.54) is 0 Å². The predicted molar refractivity (Wildman–Crippen MR) is 65.1 cm³/mol. The fraction of sp³-hybridized carbons (Fsp3) is 0.0909. The number of hydrogen-bond acceptors (Lipinski definition) is 2. The third kappa shape index (κ3) is 2.10. The van der Waals surface area contributed by atoms with Gasteiger partial charge in [0.2, 0.25) is 0 Å². The first kappa shape index (κ1) is 11.2. The van der Waals surface area contributed by atoms with Gasteiger partial charge in [0.25, 0.3) is 5.56 Å². The monoisotopic (exact) mass is 254 g/mol. The second kappa shape index (κ2) is 4.28. The smallest absolute Gasteiger partial charge is 0.270 e. The van der Waals surface area contributed by atoms with E-state index in [9.17, 15) is 4.79 Å². The fourth-order valence-electron chi connectivity index (χ4n) is 1.34. The van der Waals surface area contributed by atoms with Crippen molar-refractivity contribution in [3.05, 3.63) is 50.4 Å². The number of nitrogens with zero attached hydrogens (tertiary/aromatic N) is 1. The van der Waals surface area contributed by atoms with E-state index in [0.29, 0.717) is 16.5 Å². The molecule has 0 bridgehead atoms. The van der Waals surface area contributed by atoms with Crippen LogP contribution in [0.15, 0.2) is 29.1 Å². The van der Waals surface area contributed by atoms with Crippen LogP contribution < -0.4 is 5.56 Å². The topological polar surface area (TPSA) is 45.8 Å². The van der Waals surface area contributed by atoms with Crippen molar-refractivity contribution >= 4 is 23.2 Å². The summed E-state index contributed by atoms with van der Waals surface area (Å²) in [5.74, 6) is 0.467. The van der Waals surface area contributed by atoms with E-state index in [4.69, 9.17) is 23.2 Å². The maximum absolute atomic E-state index is 11.5. The highest BCUT2D eigenvalue weighted by Gasteiger charge is 2.07. The Balaban J connectivity index is 2.61. The molecule has 0 radical (unpaired) electrons. The van der Waals surface area contributed by atoms with Gasteiger partial charge < -0.3 is 4.98 Å². The van der Waals surface area contributed by atoms with Gasteiger partial charge in [0.15, 0.2) is 0 Å². The Hall–Kier alpha value is -1.32. The van der Waals surface area contributed by atoms with Crippen molar-refractivity contribution in [2.75, 3.05) is 0 Å². The first-order chi connectivity index (χ1) is 7.58. The molecular formula is C11H8Cl2N2O. The maximum Gasteiger partial charge on any atom is 0.270 e. The Morgan fingerprint density at radius 3 is 2.69 bits per heavy atom. The second-order valence-electron chi connectivity index (χ2n) is 3.32. The van der Waals surface area contributed by atoms with Crippen molar-refractivity contribution in [1.29, 1.82) is 0 Å². The zero-order valence-corrected chi connectivity index (χ0v) is 9.93. The molecule has 0 spiro atoms. The van der Waals surface area contributed by atoms with Crippen LogP contribution in [0.3, 0.4) is 0 Å². The van der Waals surface area contributed by atoms with E-state index in [2.05, 4.69) is 9.97 Å². The first-order valence-electron chi connectivity index (χ1n) is 4.60. The molecule has 0 aliphatic heterocycles. The average Bonchev–Trinajstić information content (AvgIpc) is 2.25. The van der Waals surface area contributed by atoms with Gasteiger partial charge in [-0.3, -0.25) is 4.79 Å². The molecule has 0 amide bonds. The minimum Gasteiger partial charge on any atom is -0.305 e. The molecule has 0 unspecified atom stereocenters. The van der Waals surface area contributed by atoms with Crippen LogP contribution in [0.5, 0.6) is 0 Å². The molecule has 0 aliphatic rings. The third-order valence-corrected chi connectivity index (χ3v) is 2.81. The van der Waals surface area contributed by atoms with Gasteiger partial charge in [0.1, 0.15) is 10.8 Å². The number of benzene rings is 1. The van der Waals surface area contributed by atoms with Gasteiger partial charge in [0, 0.05) is 10.6 Å². The number of hydrogen-bond donors (Lipinski definition) is 1.